The van der Waals surface area contributed by atoms with Crippen LogP contribution >= 0.6 is 0 Å². The van der Waals surface area contributed by atoms with Gasteiger partial charge < -0.3 is 14.8 Å². The quantitative estimate of drug-likeness (QED) is 0.759. The topological polar surface area (TPSA) is 74.6 Å². The SMILES string of the molecule is Cn1ccc2cc(S(=O)(=O)N3CCCC(C(=O)NCCN4CCCCC4)C3)ccc21. The Hall–Kier alpha value is -1.90. The van der Waals surface area contributed by atoms with Crippen LogP contribution in [0, 0.1) is 5.92 Å². The number of piperidine rings is 2. The normalized spacial score (nSPS) is 21.7. The summed E-state index contributed by atoms with van der Waals surface area (Å²) in [6.45, 7) is 4.44. The number of nitrogens with one attached hydrogen (secondary N) is 1. The van der Waals surface area contributed by atoms with Crippen molar-refractivity contribution < 1.29 is 13.2 Å². The minimum Gasteiger partial charge on any atom is -0.355 e. The van der Waals surface area contributed by atoms with Crippen LogP contribution in [0.2, 0.25) is 0 Å². The van der Waals surface area contributed by atoms with Crippen molar-refractivity contribution in [2.45, 2.75) is 37.0 Å². The fourth-order valence-corrected chi connectivity index (χ4v) is 6.17. The number of amides is 1. The zero-order chi connectivity index (χ0) is 21.1. The van der Waals surface area contributed by atoms with Gasteiger partial charge in [0.25, 0.3) is 0 Å². The van der Waals surface area contributed by atoms with Gasteiger partial charge >= 0.3 is 0 Å². The first-order valence-corrected chi connectivity index (χ1v) is 12.4. The molecular formula is C22H32N4O3S. The zero-order valence-corrected chi connectivity index (χ0v) is 18.5. The first kappa shape index (κ1) is 21.3. The van der Waals surface area contributed by atoms with Gasteiger partial charge in [0.15, 0.2) is 0 Å². The molecule has 0 aliphatic carbocycles. The first-order chi connectivity index (χ1) is 14.4. The zero-order valence-electron chi connectivity index (χ0n) is 17.7. The second kappa shape index (κ2) is 9.08. The third-order valence-corrected chi connectivity index (χ3v) is 8.29. The molecule has 1 unspecified atom stereocenters. The number of benzene rings is 1. The second-order valence-corrected chi connectivity index (χ2v) is 10.5. The van der Waals surface area contributed by atoms with Crippen LogP contribution in [0.3, 0.4) is 0 Å². The molecule has 0 spiro atoms. The molecule has 1 N–H and O–H groups in total. The van der Waals surface area contributed by atoms with Gasteiger partial charge in [0.05, 0.1) is 10.8 Å². The Labute approximate surface area is 179 Å². The summed E-state index contributed by atoms with van der Waals surface area (Å²) in [5, 5.41) is 3.94. The van der Waals surface area contributed by atoms with E-state index in [1.54, 1.807) is 12.1 Å². The summed E-state index contributed by atoms with van der Waals surface area (Å²) in [5.41, 5.74) is 0.999. The molecule has 2 fully saturated rings. The minimum absolute atomic E-state index is 0.0228. The number of nitrogens with zero attached hydrogens (tertiary/aromatic N) is 3. The van der Waals surface area contributed by atoms with Crippen molar-refractivity contribution in [2.24, 2.45) is 13.0 Å². The number of carbonyl (C=O) groups excluding carboxylic acids is 1. The number of aromatic nitrogens is 1. The van der Waals surface area contributed by atoms with E-state index in [0.717, 1.165) is 37.0 Å². The molecule has 1 amide bonds. The summed E-state index contributed by atoms with van der Waals surface area (Å²) >= 11 is 0. The summed E-state index contributed by atoms with van der Waals surface area (Å²) in [4.78, 5) is 15.4. The third-order valence-electron chi connectivity index (χ3n) is 6.43. The fourth-order valence-electron chi connectivity index (χ4n) is 4.61. The maximum absolute atomic E-state index is 13.2. The summed E-state index contributed by atoms with van der Waals surface area (Å²) in [7, 11) is -1.67. The Bertz CT molecular complexity index is 995. The molecule has 0 bridgehead atoms. The number of hydrogen-bond donors (Lipinski definition) is 1. The molecule has 2 aliphatic heterocycles. The first-order valence-electron chi connectivity index (χ1n) is 11.0. The van der Waals surface area contributed by atoms with Gasteiger partial charge in [-0.25, -0.2) is 8.42 Å². The second-order valence-electron chi connectivity index (χ2n) is 8.54. The van der Waals surface area contributed by atoms with Crippen LogP contribution in [0.25, 0.3) is 10.9 Å². The molecule has 7 nitrogen and oxygen atoms in total. The van der Waals surface area contributed by atoms with Crippen molar-refractivity contribution >= 4 is 26.8 Å². The van der Waals surface area contributed by atoms with Gasteiger partial charge in [-0.1, -0.05) is 6.42 Å². The molecule has 4 rings (SSSR count). The van der Waals surface area contributed by atoms with Crippen molar-refractivity contribution in [1.29, 1.82) is 0 Å². The van der Waals surface area contributed by atoms with Gasteiger partial charge in [0, 0.05) is 50.3 Å². The molecule has 164 valence electrons. The number of fused-ring (bicyclic) bond motifs is 1. The fraction of sp³-hybridized carbons (Fsp3) is 0.591. The maximum atomic E-state index is 13.2. The molecule has 30 heavy (non-hydrogen) atoms. The van der Waals surface area contributed by atoms with E-state index >= 15 is 0 Å². The van der Waals surface area contributed by atoms with E-state index in [4.69, 9.17) is 0 Å². The Morgan fingerprint density at radius 2 is 1.90 bits per heavy atom. The molecule has 2 aliphatic rings. The van der Waals surface area contributed by atoms with Crippen LogP contribution in [0.4, 0.5) is 0 Å². The highest BCUT2D eigenvalue weighted by molar-refractivity contribution is 7.89. The van der Waals surface area contributed by atoms with E-state index in [1.807, 2.05) is 29.9 Å². The lowest BCUT2D eigenvalue weighted by Crippen LogP contribution is -2.46. The van der Waals surface area contributed by atoms with Gasteiger partial charge in [-0.15, -0.1) is 0 Å². The van der Waals surface area contributed by atoms with E-state index in [2.05, 4.69) is 10.2 Å². The standard InChI is InChI=1S/C22H32N4O3S/c1-24-14-9-18-16-20(7-8-21(18)24)30(28,29)26-13-5-6-19(17-26)22(27)23-10-15-25-11-3-2-4-12-25/h7-9,14,16,19H,2-6,10-13,15,17H2,1H3,(H,23,27). The van der Waals surface area contributed by atoms with Crippen molar-refractivity contribution in [2.75, 3.05) is 39.3 Å². The number of hydrogen-bond acceptors (Lipinski definition) is 4. The Kier molecular flexibility index (Phi) is 6.46. The van der Waals surface area contributed by atoms with Crippen LogP contribution in [0.1, 0.15) is 32.1 Å². The van der Waals surface area contributed by atoms with E-state index in [0.29, 0.717) is 24.4 Å². The van der Waals surface area contributed by atoms with Crippen molar-refractivity contribution in [1.82, 2.24) is 19.1 Å². The molecular weight excluding hydrogens is 400 g/mol. The maximum Gasteiger partial charge on any atom is 0.243 e. The molecule has 1 aromatic carbocycles. The highest BCUT2D eigenvalue weighted by atomic mass is 32.2. The van der Waals surface area contributed by atoms with E-state index in [9.17, 15) is 13.2 Å². The summed E-state index contributed by atoms with van der Waals surface area (Å²) in [6.07, 6.45) is 7.13. The number of likely N-dealkylation sites (tertiary alicyclic amines) is 1. The largest absolute Gasteiger partial charge is 0.355 e. The van der Waals surface area contributed by atoms with Crippen LogP contribution in [-0.2, 0) is 21.9 Å². The number of rotatable bonds is 6. The summed E-state index contributed by atoms with van der Waals surface area (Å²) in [6, 6.07) is 7.16. The highest BCUT2D eigenvalue weighted by Gasteiger charge is 2.33. The number of aryl methyl sites for hydroxylation is 1. The third kappa shape index (κ3) is 4.55. The molecule has 1 atom stereocenters. The molecule has 3 heterocycles. The lowest BCUT2D eigenvalue weighted by Gasteiger charge is -2.31. The molecule has 2 aromatic rings. The lowest BCUT2D eigenvalue weighted by molar-refractivity contribution is -0.126. The van der Waals surface area contributed by atoms with E-state index in [-0.39, 0.29) is 18.4 Å². The molecule has 0 radical (unpaired) electrons. The monoisotopic (exact) mass is 432 g/mol. The van der Waals surface area contributed by atoms with Crippen LogP contribution < -0.4 is 5.32 Å². The van der Waals surface area contributed by atoms with Crippen LogP contribution in [0.5, 0.6) is 0 Å². The molecule has 8 heteroatoms. The van der Waals surface area contributed by atoms with Crippen molar-refractivity contribution in [3.63, 3.8) is 0 Å². The van der Waals surface area contributed by atoms with Crippen LogP contribution in [0.15, 0.2) is 35.4 Å². The van der Waals surface area contributed by atoms with Crippen molar-refractivity contribution in [3.8, 4) is 0 Å². The predicted octanol–water partition coefficient (Wildman–Crippen LogP) is 2.18. The van der Waals surface area contributed by atoms with Gasteiger partial charge in [-0.3, -0.25) is 4.79 Å². The van der Waals surface area contributed by atoms with Crippen molar-refractivity contribution in [3.05, 3.63) is 30.5 Å². The summed E-state index contributed by atoms with van der Waals surface area (Å²) in [5.74, 6) is -0.305. The van der Waals surface area contributed by atoms with E-state index < -0.39 is 10.0 Å². The number of sulfonamides is 1. The molecule has 1 aromatic heterocycles. The van der Waals surface area contributed by atoms with Gasteiger partial charge in [-0.2, -0.15) is 4.31 Å². The van der Waals surface area contributed by atoms with Gasteiger partial charge in [-0.05, 0) is 63.0 Å². The highest BCUT2D eigenvalue weighted by Crippen LogP contribution is 2.26. The predicted molar refractivity (Wildman–Crippen MR) is 118 cm³/mol. The Balaban J connectivity index is 1.37. The molecule has 2 saturated heterocycles. The van der Waals surface area contributed by atoms with Crippen LogP contribution in [-0.4, -0.2) is 67.4 Å². The minimum atomic E-state index is -3.61. The molecule has 0 saturated carbocycles. The van der Waals surface area contributed by atoms with Gasteiger partial charge in [0.2, 0.25) is 15.9 Å². The summed E-state index contributed by atoms with van der Waals surface area (Å²) < 4.78 is 29.9. The average molecular weight is 433 g/mol. The number of carbonyl (C=O) groups is 1. The van der Waals surface area contributed by atoms with Gasteiger partial charge in [0.1, 0.15) is 0 Å². The average Bonchev–Trinajstić information content (AvgIpc) is 3.15. The van der Waals surface area contributed by atoms with E-state index in [1.165, 1.54) is 23.6 Å². The Morgan fingerprint density at radius 3 is 2.70 bits per heavy atom. The lowest BCUT2D eigenvalue weighted by atomic mass is 9.99. The Morgan fingerprint density at radius 1 is 1.10 bits per heavy atom. The smallest absolute Gasteiger partial charge is 0.243 e.